The quantitative estimate of drug-likeness (QED) is 0.849. The predicted molar refractivity (Wildman–Crippen MR) is 74.1 cm³/mol. The van der Waals surface area contributed by atoms with E-state index in [2.05, 4.69) is 20.0 Å². The van der Waals surface area contributed by atoms with Crippen molar-refractivity contribution in [3.8, 4) is 0 Å². The second-order valence-corrected chi connectivity index (χ2v) is 4.92. The highest BCUT2D eigenvalue weighted by molar-refractivity contribution is 7.13. The first-order chi connectivity index (χ1) is 9.17. The molecule has 0 aromatic carbocycles. The molecule has 19 heavy (non-hydrogen) atoms. The Morgan fingerprint density at radius 3 is 3.00 bits per heavy atom. The van der Waals surface area contributed by atoms with Gasteiger partial charge in [-0.15, -0.1) is 11.3 Å². The predicted octanol–water partition coefficient (Wildman–Crippen LogP) is 2.17. The molecule has 2 aromatic rings. The number of carbonyl (C=O) groups excluding carboxylic acids is 1. The lowest BCUT2D eigenvalue weighted by Gasteiger charge is -2.02. The van der Waals surface area contributed by atoms with E-state index in [1.54, 1.807) is 0 Å². The second kappa shape index (κ2) is 6.29. The molecular formula is C13H15N3O2S. The average molecular weight is 277 g/mol. The number of nitrogens with one attached hydrogen (secondary N) is 1. The zero-order valence-corrected chi connectivity index (χ0v) is 11.7. The van der Waals surface area contributed by atoms with Crippen LogP contribution in [0.1, 0.15) is 17.0 Å². The van der Waals surface area contributed by atoms with E-state index in [1.807, 2.05) is 30.6 Å². The number of esters is 1. The lowest BCUT2D eigenvalue weighted by molar-refractivity contribution is -0.139. The van der Waals surface area contributed by atoms with E-state index in [4.69, 9.17) is 0 Å². The van der Waals surface area contributed by atoms with Gasteiger partial charge < -0.3 is 10.1 Å². The molecule has 2 rings (SSSR count). The van der Waals surface area contributed by atoms with Gasteiger partial charge in [0, 0.05) is 23.8 Å². The van der Waals surface area contributed by atoms with E-state index in [0.717, 1.165) is 22.1 Å². The minimum Gasteiger partial charge on any atom is -0.469 e. The number of nitrogens with zero attached hydrogens (tertiary/aromatic N) is 2. The number of thiazole rings is 1. The van der Waals surface area contributed by atoms with Crippen LogP contribution in [0.4, 0.5) is 5.13 Å². The molecule has 5 nitrogen and oxygen atoms in total. The van der Waals surface area contributed by atoms with E-state index in [9.17, 15) is 4.79 Å². The molecule has 0 aliphatic carbocycles. The normalized spacial score (nSPS) is 10.2. The van der Waals surface area contributed by atoms with Crippen LogP contribution in [0.2, 0.25) is 0 Å². The lowest BCUT2D eigenvalue weighted by atomic mass is 10.2. The summed E-state index contributed by atoms with van der Waals surface area (Å²) in [6, 6.07) is 4.00. The smallest absolute Gasteiger partial charge is 0.311 e. The first-order valence-electron chi connectivity index (χ1n) is 5.84. The van der Waals surface area contributed by atoms with Crippen molar-refractivity contribution in [3.05, 3.63) is 40.7 Å². The highest BCUT2D eigenvalue weighted by atomic mass is 32.1. The van der Waals surface area contributed by atoms with Gasteiger partial charge in [-0.05, 0) is 18.6 Å². The number of hydrogen-bond donors (Lipinski definition) is 1. The molecule has 0 spiro atoms. The second-order valence-electron chi connectivity index (χ2n) is 4.06. The third-order valence-electron chi connectivity index (χ3n) is 2.52. The minimum atomic E-state index is -0.278. The molecule has 2 aromatic heterocycles. The number of aryl methyl sites for hydroxylation is 1. The van der Waals surface area contributed by atoms with Crippen molar-refractivity contribution >= 4 is 22.4 Å². The Morgan fingerprint density at radius 1 is 1.47 bits per heavy atom. The van der Waals surface area contributed by atoms with Gasteiger partial charge in [0.2, 0.25) is 0 Å². The number of anilines is 1. The van der Waals surface area contributed by atoms with Crippen LogP contribution in [-0.4, -0.2) is 23.0 Å². The maximum absolute atomic E-state index is 11.1. The van der Waals surface area contributed by atoms with Gasteiger partial charge in [0.1, 0.15) is 0 Å². The average Bonchev–Trinajstić information content (AvgIpc) is 2.85. The number of aromatic nitrogens is 2. The number of methoxy groups -OCH3 is 1. The van der Waals surface area contributed by atoms with Gasteiger partial charge in [-0.2, -0.15) is 0 Å². The Kier molecular flexibility index (Phi) is 4.46. The van der Waals surface area contributed by atoms with Crippen molar-refractivity contribution < 1.29 is 9.53 Å². The molecule has 0 aliphatic rings. The highest BCUT2D eigenvalue weighted by Gasteiger charge is 2.07. The molecule has 0 unspecified atom stereocenters. The van der Waals surface area contributed by atoms with Gasteiger partial charge in [0.15, 0.2) is 5.13 Å². The number of hydrogen-bond acceptors (Lipinski definition) is 6. The van der Waals surface area contributed by atoms with Gasteiger partial charge >= 0.3 is 5.97 Å². The standard InChI is InChI=1S/C13H15N3O2S/c1-9-3-4-10(6-14-9)7-15-13-16-11(8-19-13)5-12(17)18-2/h3-4,6,8H,5,7H2,1-2H3,(H,15,16). The molecule has 0 saturated heterocycles. The van der Waals surface area contributed by atoms with E-state index in [0.29, 0.717) is 6.54 Å². The molecule has 0 atom stereocenters. The summed E-state index contributed by atoms with van der Waals surface area (Å²) < 4.78 is 4.60. The van der Waals surface area contributed by atoms with Crippen LogP contribution in [0.15, 0.2) is 23.7 Å². The number of carbonyl (C=O) groups is 1. The fourth-order valence-electron chi connectivity index (χ4n) is 1.47. The third-order valence-corrected chi connectivity index (χ3v) is 3.37. The Balaban J connectivity index is 1.89. The first kappa shape index (κ1) is 13.5. The summed E-state index contributed by atoms with van der Waals surface area (Å²) >= 11 is 1.47. The Labute approximate surface area is 115 Å². The SMILES string of the molecule is COC(=O)Cc1csc(NCc2ccc(C)nc2)n1. The van der Waals surface area contributed by atoms with Crippen molar-refractivity contribution in [1.29, 1.82) is 0 Å². The van der Waals surface area contributed by atoms with Crippen LogP contribution in [0.5, 0.6) is 0 Å². The monoisotopic (exact) mass is 277 g/mol. The molecule has 0 amide bonds. The van der Waals surface area contributed by atoms with Gasteiger partial charge in [0.05, 0.1) is 19.2 Å². The van der Waals surface area contributed by atoms with Crippen molar-refractivity contribution in [1.82, 2.24) is 9.97 Å². The summed E-state index contributed by atoms with van der Waals surface area (Å²) in [5.74, 6) is -0.278. The van der Waals surface area contributed by atoms with E-state index >= 15 is 0 Å². The van der Waals surface area contributed by atoms with Crippen LogP contribution in [0, 0.1) is 6.92 Å². The van der Waals surface area contributed by atoms with Crippen LogP contribution in [0.25, 0.3) is 0 Å². The molecule has 0 fully saturated rings. The summed E-state index contributed by atoms with van der Waals surface area (Å²) in [6.07, 6.45) is 2.05. The highest BCUT2D eigenvalue weighted by Crippen LogP contribution is 2.17. The van der Waals surface area contributed by atoms with Crippen LogP contribution < -0.4 is 5.32 Å². The molecule has 100 valence electrons. The third kappa shape index (κ3) is 4.03. The van der Waals surface area contributed by atoms with E-state index in [-0.39, 0.29) is 12.4 Å². The largest absolute Gasteiger partial charge is 0.469 e. The van der Waals surface area contributed by atoms with Crippen LogP contribution >= 0.6 is 11.3 Å². The van der Waals surface area contributed by atoms with E-state index in [1.165, 1.54) is 18.4 Å². The number of ether oxygens (including phenoxy) is 1. The molecular weight excluding hydrogens is 262 g/mol. The topological polar surface area (TPSA) is 64.1 Å². The fraction of sp³-hybridized carbons (Fsp3) is 0.308. The lowest BCUT2D eigenvalue weighted by Crippen LogP contribution is -2.05. The van der Waals surface area contributed by atoms with Crippen molar-refractivity contribution in [3.63, 3.8) is 0 Å². The number of rotatable bonds is 5. The van der Waals surface area contributed by atoms with Gasteiger partial charge in [-0.1, -0.05) is 6.07 Å². The molecule has 0 aliphatic heterocycles. The van der Waals surface area contributed by atoms with Crippen molar-refractivity contribution in [2.24, 2.45) is 0 Å². The zero-order valence-electron chi connectivity index (χ0n) is 10.8. The molecule has 2 heterocycles. The summed E-state index contributed by atoms with van der Waals surface area (Å²) in [7, 11) is 1.37. The molecule has 0 radical (unpaired) electrons. The maximum atomic E-state index is 11.1. The zero-order chi connectivity index (χ0) is 13.7. The summed E-state index contributed by atoms with van der Waals surface area (Å²) in [6.45, 7) is 2.62. The molecule has 0 bridgehead atoms. The van der Waals surface area contributed by atoms with Gasteiger partial charge in [0.25, 0.3) is 0 Å². The first-order valence-corrected chi connectivity index (χ1v) is 6.72. The summed E-state index contributed by atoms with van der Waals surface area (Å²) in [4.78, 5) is 19.7. The van der Waals surface area contributed by atoms with Crippen LogP contribution in [0.3, 0.4) is 0 Å². The molecule has 0 saturated carbocycles. The molecule has 6 heteroatoms. The van der Waals surface area contributed by atoms with Gasteiger partial charge in [-0.25, -0.2) is 4.98 Å². The van der Waals surface area contributed by atoms with Crippen molar-refractivity contribution in [2.45, 2.75) is 19.9 Å². The Hall–Kier alpha value is -1.95. The summed E-state index contributed by atoms with van der Waals surface area (Å²) in [5, 5.41) is 5.85. The number of pyridine rings is 1. The van der Waals surface area contributed by atoms with Crippen molar-refractivity contribution in [2.75, 3.05) is 12.4 Å². The minimum absolute atomic E-state index is 0.209. The Bertz CT molecular complexity index is 551. The Morgan fingerprint density at radius 2 is 2.32 bits per heavy atom. The van der Waals surface area contributed by atoms with E-state index < -0.39 is 0 Å². The van der Waals surface area contributed by atoms with Crippen LogP contribution in [-0.2, 0) is 22.5 Å². The van der Waals surface area contributed by atoms with Gasteiger partial charge in [-0.3, -0.25) is 9.78 Å². The summed E-state index contributed by atoms with van der Waals surface area (Å²) in [5.41, 5.74) is 2.81. The fourth-order valence-corrected chi connectivity index (χ4v) is 2.18. The maximum Gasteiger partial charge on any atom is 0.311 e. The molecule has 1 N–H and O–H groups in total.